The van der Waals surface area contributed by atoms with Gasteiger partial charge in [0.05, 0.1) is 29.2 Å². The molecule has 4 rings (SSSR count). The Bertz CT molecular complexity index is 1090. The lowest BCUT2D eigenvalue weighted by atomic mass is 10.1. The first-order valence-electron chi connectivity index (χ1n) is 7.79. The van der Waals surface area contributed by atoms with Crippen molar-refractivity contribution >= 4 is 11.3 Å². The number of pyridine rings is 1. The second-order valence-corrected chi connectivity index (χ2v) is 5.63. The predicted molar refractivity (Wildman–Crippen MR) is 94.6 cm³/mol. The second-order valence-electron chi connectivity index (χ2n) is 5.63. The van der Waals surface area contributed by atoms with Crippen LogP contribution in [-0.4, -0.2) is 19.6 Å². The highest BCUT2D eigenvalue weighted by Crippen LogP contribution is 2.24. The lowest BCUT2D eigenvalue weighted by Crippen LogP contribution is -2.00. The average Bonchev–Trinajstić information content (AvgIpc) is 3.05. The maximum Gasteiger partial charge on any atom is 0.150 e. The fourth-order valence-corrected chi connectivity index (χ4v) is 2.77. The van der Waals surface area contributed by atoms with E-state index in [1.165, 1.54) is 0 Å². The van der Waals surface area contributed by atoms with Gasteiger partial charge in [-0.2, -0.15) is 10.4 Å². The zero-order valence-corrected chi connectivity index (χ0v) is 13.3. The van der Waals surface area contributed by atoms with Gasteiger partial charge in [-0.05, 0) is 24.3 Å². The molecule has 0 unspecified atom stereocenters. The van der Waals surface area contributed by atoms with Crippen molar-refractivity contribution < 1.29 is 0 Å². The largest absolute Gasteiger partial charge is 0.382 e. The van der Waals surface area contributed by atoms with Gasteiger partial charge in [-0.3, -0.25) is 4.98 Å². The van der Waals surface area contributed by atoms with Crippen LogP contribution < -0.4 is 5.73 Å². The minimum atomic E-state index is 0.380. The Morgan fingerprint density at radius 3 is 2.72 bits per heavy atom. The van der Waals surface area contributed by atoms with Crippen molar-refractivity contribution in [3.63, 3.8) is 0 Å². The fraction of sp³-hybridized carbons (Fsp3) is 0.0526. The van der Waals surface area contributed by atoms with Crippen LogP contribution in [0.1, 0.15) is 17.0 Å². The highest BCUT2D eigenvalue weighted by atomic mass is 15.2. The molecule has 6 heteroatoms. The number of anilines is 1. The standard InChI is InChI=1S/C19H14N6/c20-11-13-5-1-2-7-16(13)17-12-25-18(19(21)23-17)10-15(24-25)9-14-6-3-4-8-22-14/h1-8,10,12H,9H2,(H2,21,23). The predicted octanol–water partition coefficient (Wildman–Crippen LogP) is 2.84. The normalized spacial score (nSPS) is 10.7. The van der Waals surface area contributed by atoms with Crippen molar-refractivity contribution in [2.45, 2.75) is 6.42 Å². The van der Waals surface area contributed by atoms with E-state index in [-0.39, 0.29) is 0 Å². The first-order chi connectivity index (χ1) is 12.2. The monoisotopic (exact) mass is 326 g/mol. The van der Waals surface area contributed by atoms with Gasteiger partial charge in [0.2, 0.25) is 0 Å². The van der Waals surface area contributed by atoms with Gasteiger partial charge in [0.1, 0.15) is 11.3 Å². The molecule has 120 valence electrons. The van der Waals surface area contributed by atoms with E-state index < -0.39 is 0 Å². The quantitative estimate of drug-likeness (QED) is 0.625. The molecular formula is C19H14N6. The van der Waals surface area contributed by atoms with Gasteiger partial charge in [-0.15, -0.1) is 0 Å². The smallest absolute Gasteiger partial charge is 0.150 e. The number of nitrogens with two attached hydrogens (primary N) is 1. The van der Waals surface area contributed by atoms with Gasteiger partial charge < -0.3 is 5.73 Å². The lowest BCUT2D eigenvalue weighted by Gasteiger charge is -2.05. The fourth-order valence-electron chi connectivity index (χ4n) is 2.77. The van der Waals surface area contributed by atoms with E-state index in [9.17, 15) is 5.26 Å². The molecule has 3 aromatic heterocycles. The van der Waals surface area contributed by atoms with E-state index in [2.05, 4.69) is 21.1 Å². The Hall–Kier alpha value is -3.72. The minimum absolute atomic E-state index is 0.380. The summed E-state index contributed by atoms with van der Waals surface area (Å²) in [5, 5.41) is 13.9. The average molecular weight is 326 g/mol. The number of nitrogen functional groups attached to an aromatic ring is 1. The molecule has 0 amide bonds. The van der Waals surface area contributed by atoms with E-state index in [4.69, 9.17) is 5.73 Å². The lowest BCUT2D eigenvalue weighted by molar-refractivity contribution is 0.894. The Morgan fingerprint density at radius 1 is 1.08 bits per heavy atom. The van der Waals surface area contributed by atoms with Crippen LogP contribution in [0.15, 0.2) is 60.9 Å². The Kier molecular flexibility index (Phi) is 3.60. The molecular weight excluding hydrogens is 312 g/mol. The molecule has 0 aliphatic carbocycles. The van der Waals surface area contributed by atoms with Crippen molar-refractivity contribution in [2.24, 2.45) is 0 Å². The van der Waals surface area contributed by atoms with E-state index in [0.717, 1.165) is 22.5 Å². The van der Waals surface area contributed by atoms with Crippen molar-refractivity contribution in [2.75, 3.05) is 5.73 Å². The van der Waals surface area contributed by atoms with Crippen LogP contribution in [0.5, 0.6) is 0 Å². The minimum Gasteiger partial charge on any atom is -0.382 e. The second kappa shape index (κ2) is 6.06. The van der Waals surface area contributed by atoms with E-state index in [1.807, 2.05) is 42.5 Å². The number of fused-ring (bicyclic) bond motifs is 1. The molecule has 0 bridgehead atoms. The summed E-state index contributed by atoms with van der Waals surface area (Å²) in [6.07, 6.45) is 4.17. The topological polar surface area (TPSA) is 92.9 Å². The Balaban J connectivity index is 1.79. The molecule has 6 nitrogen and oxygen atoms in total. The van der Waals surface area contributed by atoms with Gasteiger partial charge in [-0.25, -0.2) is 9.50 Å². The Labute approximate surface area is 144 Å². The SMILES string of the molecule is N#Cc1ccccc1-c1cn2nc(Cc3ccccn3)cc2c(N)n1. The van der Waals surface area contributed by atoms with Gasteiger partial charge in [0, 0.05) is 23.9 Å². The van der Waals surface area contributed by atoms with Crippen molar-refractivity contribution in [3.8, 4) is 17.3 Å². The molecule has 25 heavy (non-hydrogen) atoms. The highest BCUT2D eigenvalue weighted by Gasteiger charge is 2.12. The van der Waals surface area contributed by atoms with Crippen molar-refractivity contribution in [3.05, 3.63) is 77.9 Å². The summed E-state index contributed by atoms with van der Waals surface area (Å²) in [6, 6.07) is 17.2. The van der Waals surface area contributed by atoms with Crippen LogP contribution in [-0.2, 0) is 6.42 Å². The van der Waals surface area contributed by atoms with Gasteiger partial charge in [0.15, 0.2) is 0 Å². The summed E-state index contributed by atoms with van der Waals surface area (Å²) >= 11 is 0. The summed E-state index contributed by atoms with van der Waals surface area (Å²) in [4.78, 5) is 8.77. The third-order valence-electron chi connectivity index (χ3n) is 3.95. The maximum atomic E-state index is 9.29. The molecule has 3 heterocycles. The summed E-state index contributed by atoms with van der Waals surface area (Å²) in [5.74, 6) is 0.380. The van der Waals surface area contributed by atoms with Crippen LogP contribution >= 0.6 is 0 Å². The Morgan fingerprint density at radius 2 is 1.92 bits per heavy atom. The zero-order valence-electron chi connectivity index (χ0n) is 13.3. The molecule has 2 N–H and O–H groups in total. The molecule has 0 aliphatic rings. The van der Waals surface area contributed by atoms with E-state index in [1.54, 1.807) is 23.0 Å². The molecule has 0 spiro atoms. The number of nitriles is 1. The summed E-state index contributed by atoms with van der Waals surface area (Å²) in [7, 11) is 0. The van der Waals surface area contributed by atoms with E-state index >= 15 is 0 Å². The third kappa shape index (κ3) is 2.79. The number of aromatic nitrogens is 4. The summed E-state index contributed by atoms with van der Waals surface area (Å²) in [6.45, 7) is 0. The van der Waals surface area contributed by atoms with Crippen LogP contribution in [0.25, 0.3) is 16.8 Å². The molecule has 1 aromatic carbocycles. The zero-order chi connectivity index (χ0) is 17.2. The van der Waals surface area contributed by atoms with E-state index in [0.29, 0.717) is 23.5 Å². The number of rotatable bonds is 3. The molecule has 0 saturated heterocycles. The maximum absolute atomic E-state index is 9.29. The van der Waals surface area contributed by atoms with Crippen molar-refractivity contribution in [1.82, 2.24) is 19.6 Å². The number of hydrogen-bond acceptors (Lipinski definition) is 5. The number of hydrogen-bond donors (Lipinski definition) is 1. The number of nitrogens with zero attached hydrogens (tertiary/aromatic N) is 5. The molecule has 0 radical (unpaired) electrons. The number of benzene rings is 1. The molecule has 0 atom stereocenters. The van der Waals surface area contributed by atoms with Gasteiger partial charge in [0.25, 0.3) is 0 Å². The molecule has 0 fully saturated rings. The molecule has 4 aromatic rings. The first-order valence-corrected chi connectivity index (χ1v) is 7.79. The van der Waals surface area contributed by atoms with Crippen LogP contribution in [0, 0.1) is 11.3 Å². The van der Waals surface area contributed by atoms with Crippen LogP contribution in [0.4, 0.5) is 5.82 Å². The van der Waals surface area contributed by atoms with Crippen LogP contribution in [0.2, 0.25) is 0 Å². The summed E-state index contributed by atoms with van der Waals surface area (Å²) in [5.41, 5.74) is 10.6. The van der Waals surface area contributed by atoms with Gasteiger partial charge >= 0.3 is 0 Å². The van der Waals surface area contributed by atoms with Gasteiger partial charge in [-0.1, -0.05) is 24.3 Å². The van der Waals surface area contributed by atoms with Crippen molar-refractivity contribution in [1.29, 1.82) is 5.26 Å². The molecule has 0 aliphatic heterocycles. The highest BCUT2D eigenvalue weighted by molar-refractivity contribution is 5.73. The summed E-state index contributed by atoms with van der Waals surface area (Å²) < 4.78 is 1.71. The first kappa shape index (κ1) is 14.8. The molecule has 0 saturated carbocycles. The van der Waals surface area contributed by atoms with Crippen LogP contribution in [0.3, 0.4) is 0 Å². The third-order valence-corrected chi connectivity index (χ3v) is 3.95.